The van der Waals surface area contributed by atoms with Crippen LogP contribution in [0.25, 0.3) is 0 Å². The van der Waals surface area contributed by atoms with Crippen LogP contribution in [0, 0.1) is 0 Å². The van der Waals surface area contributed by atoms with E-state index in [0.717, 1.165) is 10.6 Å². The first-order chi connectivity index (χ1) is 13.8. The zero-order valence-corrected chi connectivity index (χ0v) is 16.7. The lowest BCUT2D eigenvalue weighted by molar-refractivity contribution is 0.0429. The first-order valence-corrected chi connectivity index (χ1v) is 9.07. The van der Waals surface area contributed by atoms with Gasteiger partial charge in [0, 0.05) is 5.56 Å². The minimum Gasteiger partial charge on any atom is -0.444 e. The lowest BCUT2D eigenvalue weighted by Crippen LogP contribution is -2.51. The van der Waals surface area contributed by atoms with E-state index in [9.17, 15) is 14.4 Å². The molecule has 0 spiro atoms. The maximum Gasteiger partial charge on any atom is 0.432 e. The Bertz CT molecular complexity index is 819. The van der Waals surface area contributed by atoms with Crippen molar-refractivity contribution < 1.29 is 23.9 Å². The Morgan fingerprint density at radius 2 is 1.52 bits per heavy atom. The summed E-state index contributed by atoms with van der Waals surface area (Å²) in [6, 6.07) is 17.3. The standard InChI is InChI=1S/C21H25N3O5/c1-21(2,3)29-19(26)22-15-23-24(18(25)17-12-8-5-9-13-17)20(27)28-14-16-10-6-4-7-11-16/h4-13,23H,14-15H2,1-3H3,(H,22,26). The van der Waals surface area contributed by atoms with Crippen LogP contribution < -0.4 is 10.7 Å². The third kappa shape index (κ3) is 7.63. The van der Waals surface area contributed by atoms with Crippen molar-refractivity contribution in [2.24, 2.45) is 0 Å². The maximum absolute atomic E-state index is 12.7. The summed E-state index contributed by atoms with van der Waals surface area (Å²) >= 11 is 0. The number of imide groups is 1. The van der Waals surface area contributed by atoms with Crippen molar-refractivity contribution in [1.82, 2.24) is 15.8 Å². The first-order valence-electron chi connectivity index (χ1n) is 9.07. The Hall–Kier alpha value is -3.39. The van der Waals surface area contributed by atoms with Gasteiger partial charge in [-0.3, -0.25) is 4.79 Å². The number of alkyl carbamates (subject to hydrolysis) is 1. The number of benzene rings is 2. The number of nitrogens with one attached hydrogen (secondary N) is 2. The average molecular weight is 399 g/mol. The Labute approximate surface area is 169 Å². The molecular formula is C21H25N3O5. The third-order valence-corrected chi connectivity index (χ3v) is 3.48. The molecule has 0 saturated carbocycles. The predicted octanol–water partition coefficient (Wildman–Crippen LogP) is 3.45. The van der Waals surface area contributed by atoms with Crippen molar-refractivity contribution in [3.05, 3.63) is 71.8 Å². The predicted molar refractivity (Wildman–Crippen MR) is 107 cm³/mol. The van der Waals surface area contributed by atoms with E-state index in [0.29, 0.717) is 0 Å². The number of nitrogens with zero attached hydrogens (tertiary/aromatic N) is 1. The van der Waals surface area contributed by atoms with Gasteiger partial charge in [0.1, 0.15) is 12.2 Å². The zero-order chi connectivity index (χ0) is 21.3. The highest BCUT2D eigenvalue weighted by atomic mass is 16.6. The highest BCUT2D eigenvalue weighted by Crippen LogP contribution is 2.08. The molecule has 8 nitrogen and oxygen atoms in total. The van der Waals surface area contributed by atoms with Gasteiger partial charge in [-0.05, 0) is 38.5 Å². The van der Waals surface area contributed by atoms with Gasteiger partial charge in [-0.2, -0.15) is 5.01 Å². The lowest BCUT2D eigenvalue weighted by atomic mass is 10.2. The van der Waals surface area contributed by atoms with E-state index in [2.05, 4.69) is 10.7 Å². The van der Waals surface area contributed by atoms with Crippen LogP contribution in [0.4, 0.5) is 9.59 Å². The molecule has 2 N–H and O–H groups in total. The average Bonchev–Trinajstić information content (AvgIpc) is 2.69. The fraction of sp³-hybridized carbons (Fsp3) is 0.286. The van der Waals surface area contributed by atoms with Gasteiger partial charge >= 0.3 is 12.2 Å². The normalized spacial score (nSPS) is 10.7. The first kappa shape index (κ1) is 21.9. The van der Waals surface area contributed by atoms with Gasteiger partial charge < -0.3 is 14.8 Å². The second kappa shape index (κ2) is 10.2. The van der Waals surface area contributed by atoms with Gasteiger partial charge in [-0.25, -0.2) is 15.0 Å². The fourth-order valence-corrected chi connectivity index (χ4v) is 2.22. The zero-order valence-electron chi connectivity index (χ0n) is 16.7. The highest BCUT2D eigenvalue weighted by Gasteiger charge is 2.25. The fourth-order valence-electron chi connectivity index (χ4n) is 2.22. The third-order valence-electron chi connectivity index (χ3n) is 3.48. The topological polar surface area (TPSA) is 97.0 Å². The summed E-state index contributed by atoms with van der Waals surface area (Å²) in [7, 11) is 0. The van der Waals surface area contributed by atoms with Crippen LogP contribution in [0.3, 0.4) is 0 Å². The summed E-state index contributed by atoms with van der Waals surface area (Å²) in [6.07, 6.45) is -1.58. The summed E-state index contributed by atoms with van der Waals surface area (Å²) in [5.74, 6) is -0.616. The van der Waals surface area contributed by atoms with Crippen LogP contribution in [0.2, 0.25) is 0 Å². The molecule has 0 saturated heterocycles. The van der Waals surface area contributed by atoms with Crippen LogP contribution in [0.5, 0.6) is 0 Å². The van der Waals surface area contributed by atoms with Gasteiger partial charge in [-0.15, -0.1) is 0 Å². The van der Waals surface area contributed by atoms with Crippen LogP contribution in [-0.4, -0.2) is 35.4 Å². The Balaban J connectivity index is 2.01. The van der Waals surface area contributed by atoms with E-state index < -0.39 is 23.7 Å². The molecule has 3 amide bonds. The number of hydrogen-bond donors (Lipinski definition) is 2. The number of carbonyl (C=O) groups excluding carboxylic acids is 3. The van der Waals surface area contributed by atoms with Gasteiger partial charge in [0.15, 0.2) is 0 Å². The summed E-state index contributed by atoms with van der Waals surface area (Å²) in [4.78, 5) is 37.0. The molecule has 0 bridgehead atoms. The molecule has 0 radical (unpaired) electrons. The van der Waals surface area contributed by atoms with Crippen molar-refractivity contribution >= 4 is 18.1 Å². The molecule has 29 heavy (non-hydrogen) atoms. The number of hydrogen-bond acceptors (Lipinski definition) is 6. The molecule has 0 aliphatic carbocycles. The molecule has 0 aliphatic heterocycles. The van der Waals surface area contributed by atoms with Gasteiger partial charge in [-0.1, -0.05) is 48.5 Å². The minimum atomic E-state index is -0.895. The number of amides is 3. The van der Waals surface area contributed by atoms with E-state index in [-0.39, 0.29) is 18.8 Å². The number of carbonyl (C=O) groups is 3. The largest absolute Gasteiger partial charge is 0.444 e. The Morgan fingerprint density at radius 1 is 0.931 bits per heavy atom. The molecule has 2 aromatic rings. The van der Waals surface area contributed by atoms with Crippen molar-refractivity contribution in [1.29, 1.82) is 0 Å². The van der Waals surface area contributed by atoms with E-state index in [4.69, 9.17) is 9.47 Å². The highest BCUT2D eigenvalue weighted by molar-refractivity contribution is 6.02. The molecule has 0 atom stereocenters. The van der Waals surface area contributed by atoms with Gasteiger partial charge in [0.2, 0.25) is 0 Å². The monoisotopic (exact) mass is 399 g/mol. The second-order valence-corrected chi connectivity index (χ2v) is 7.06. The quantitative estimate of drug-likeness (QED) is 0.570. The Morgan fingerprint density at radius 3 is 2.10 bits per heavy atom. The van der Waals surface area contributed by atoms with Crippen molar-refractivity contribution in [2.75, 3.05) is 6.67 Å². The van der Waals surface area contributed by atoms with E-state index in [1.807, 2.05) is 18.2 Å². The molecule has 0 unspecified atom stereocenters. The van der Waals surface area contributed by atoms with Crippen molar-refractivity contribution in [3.8, 4) is 0 Å². The number of rotatable bonds is 6. The molecule has 0 heterocycles. The summed E-state index contributed by atoms with van der Waals surface area (Å²) < 4.78 is 10.4. The molecule has 0 aromatic heterocycles. The molecule has 0 aliphatic rings. The number of hydrazine groups is 1. The maximum atomic E-state index is 12.7. The van der Waals surface area contributed by atoms with E-state index >= 15 is 0 Å². The van der Waals surface area contributed by atoms with Crippen LogP contribution in [0.15, 0.2) is 60.7 Å². The van der Waals surface area contributed by atoms with Crippen molar-refractivity contribution in [3.63, 3.8) is 0 Å². The second-order valence-electron chi connectivity index (χ2n) is 7.06. The van der Waals surface area contributed by atoms with Gasteiger partial charge in [0.25, 0.3) is 5.91 Å². The van der Waals surface area contributed by atoms with E-state index in [1.165, 1.54) is 0 Å². The van der Waals surface area contributed by atoms with Crippen molar-refractivity contribution in [2.45, 2.75) is 33.0 Å². The molecule has 8 heteroatoms. The van der Waals surface area contributed by atoms with Gasteiger partial charge in [0.05, 0.1) is 6.67 Å². The molecule has 2 rings (SSSR count). The molecular weight excluding hydrogens is 374 g/mol. The molecule has 0 fully saturated rings. The van der Waals surface area contributed by atoms with E-state index in [1.54, 1.807) is 63.2 Å². The van der Waals surface area contributed by atoms with Crippen LogP contribution >= 0.6 is 0 Å². The van der Waals surface area contributed by atoms with Crippen LogP contribution in [-0.2, 0) is 16.1 Å². The molecule has 2 aromatic carbocycles. The van der Waals surface area contributed by atoms with Crippen LogP contribution in [0.1, 0.15) is 36.7 Å². The summed E-state index contributed by atoms with van der Waals surface area (Å²) in [5.41, 5.74) is 2.96. The number of ether oxygens (including phenoxy) is 2. The Kier molecular flexibility index (Phi) is 7.73. The lowest BCUT2D eigenvalue weighted by Gasteiger charge is -2.23. The summed E-state index contributed by atoms with van der Waals surface area (Å²) in [6.45, 7) is 4.97. The molecule has 154 valence electrons. The SMILES string of the molecule is CC(C)(C)OC(=O)NCNN(C(=O)OCc1ccccc1)C(=O)c1ccccc1. The summed E-state index contributed by atoms with van der Waals surface area (Å²) in [5, 5.41) is 3.15. The minimum absolute atomic E-state index is 0.000578. The smallest absolute Gasteiger partial charge is 0.432 e.